The summed E-state index contributed by atoms with van der Waals surface area (Å²) >= 11 is 20.2. The molecule has 1 atom stereocenters. The molecule has 0 aromatic heterocycles. The summed E-state index contributed by atoms with van der Waals surface area (Å²) in [5.41, 5.74) is 2.26. The van der Waals surface area contributed by atoms with Crippen molar-refractivity contribution in [2.75, 3.05) is 5.75 Å². The molecule has 4 nitrogen and oxygen atoms in total. The molecule has 37 heavy (non-hydrogen) atoms. The van der Waals surface area contributed by atoms with Crippen LogP contribution >= 0.6 is 46.6 Å². The Labute approximate surface area is 238 Å². The first-order chi connectivity index (χ1) is 17.5. The normalized spacial score (nSPS) is 12.2. The lowest BCUT2D eigenvalue weighted by Gasteiger charge is -2.34. The van der Waals surface area contributed by atoms with Crippen LogP contribution in [0.2, 0.25) is 15.1 Å². The standard InChI is InChI=1S/C29H31Cl3N2O2S/c1-29(2,3)33-28(36)26(15-20-8-5-4-6-9-20)34(17-22-12-13-24(31)16-25(22)32)27(35)19-37-18-21-10-7-11-23(30)14-21/h4-14,16,26H,15,17-19H2,1-3H3,(H,33,36). The van der Waals surface area contributed by atoms with E-state index in [9.17, 15) is 9.59 Å². The lowest BCUT2D eigenvalue weighted by atomic mass is 10.0. The smallest absolute Gasteiger partial charge is 0.243 e. The quantitative estimate of drug-likeness (QED) is 0.272. The Morgan fingerprint density at radius 3 is 2.22 bits per heavy atom. The van der Waals surface area contributed by atoms with Gasteiger partial charge in [0, 0.05) is 39.3 Å². The molecule has 0 radical (unpaired) electrons. The summed E-state index contributed by atoms with van der Waals surface area (Å²) in [5, 5.41) is 4.68. The summed E-state index contributed by atoms with van der Waals surface area (Å²) in [5.74, 6) is 0.461. The van der Waals surface area contributed by atoms with Gasteiger partial charge < -0.3 is 10.2 Å². The maximum Gasteiger partial charge on any atom is 0.243 e. The van der Waals surface area contributed by atoms with Crippen LogP contribution in [0, 0.1) is 0 Å². The predicted octanol–water partition coefficient (Wildman–Crippen LogP) is 7.43. The van der Waals surface area contributed by atoms with Crippen LogP contribution in [0.5, 0.6) is 0 Å². The molecule has 2 amide bonds. The summed E-state index contributed by atoms with van der Waals surface area (Å²) in [6.07, 6.45) is 0.374. The van der Waals surface area contributed by atoms with E-state index in [2.05, 4.69) is 5.32 Å². The largest absolute Gasteiger partial charge is 0.350 e. The number of amides is 2. The highest BCUT2D eigenvalue weighted by atomic mass is 35.5. The number of benzene rings is 3. The number of hydrogen-bond acceptors (Lipinski definition) is 3. The van der Waals surface area contributed by atoms with E-state index in [1.54, 1.807) is 23.1 Å². The Morgan fingerprint density at radius 1 is 0.892 bits per heavy atom. The minimum absolute atomic E-state index is 0.150. The first kappa shape index (κ1) is 29.4. The van der Waals surface area contributed by atoms with E-state index in [4.69, 9.17) is 34.8 Å². The van der Waals surface area contributed by atoms with Crippen LogP contribution in [-0.2, 0) is 28.3 Å². The van der Waals surface area contributed by atoms with Crippen LogP contribution in [0.3, 0.4) is 0 Å². The van der Waals surface area contributed by atoms with Crippen LogP contribution in [0.4, 0.5) is 0 Å². The van der Waals surface area contributed by atoms with E-state index in [1.807, 2.05) is 75.4 Å². The molecular formula is C29H31Cl3N2O2S. The van der Waals surface area contributed by atoms with Gasteiger partial charge in [-0.15, -0.1) is 11.8 Å². The second-order valence-corrected chi connectivity index (χ2v) is 12.1. The highest BCUT2D eigenvalue weighted by molar-refractivity contribution is 7.99. The maximum atomic E-state index is 13.7. The first-order valence-electron chi connectivity index (χ1n) is 11.9. The summed E-state index contributed by atoms with van der Waals surface area (Å²) in [6.45, 7) is 5.95. The number of hydrogen-bond donors (Lipinski definition) is 1. The van der Waals surface area contributed by atoms with Gasteiger partial charge in [0.15, 0.2) is 0 Å². The SMILES string of the molecule is CC(C)(C)NC(=O)C(Cc1ccccc1)N(Cc1ccc(Cl)cc1Cl)C(=O)CSCc1cccc(Cl)c1. The minimum atomic E-state index is -0.729. The molecule has 3 aromatic carbocycles. The molecule has 0 aliphatic heterocycles. The van der Waals surface area contributed by atoms with Crippen molar-refractivity contribution in [2.24, 2.45) is 0 Å². The van der Waals surface area contributed by atoms with Crippen LogP contribution in [-0.4, -0.2) is 34.0 Å². The van der Waals surface area contributed by atoms with Crippen molar-refractivity contribution in [3.8, 4) is 0 Å². The van der Waals surface area contributed by atoms with E-state index >= 15 is 0 Å². The fourth-order valence-corrected chi connectivity index (χ4v) is 5.35. The second-order valence-electron chi connectivity index (χ2n) is 9.82. The van der Waals surface area contributed by atoms with Crippen LogP contribution in [0.15, 0.2) is 72.8 Å². The minimum Gasteiger partial charge on any atom is -0.350 e. The predicted molar refractivity (Wildman–Crippen MR) is 156 cm³/mol. The Bertz CT molecular complexity index is 1220. The monoisotopic (exact) mass is 576 g/mol. The lowest BCUT2D eigenvalue weighted by Crippen LogP contribution is -2.54. The number of nitrogens with one attached hydrogen (secondary N) is 1. The number of carbonyl (C=O) groups excluding carboxylic acids is 2. The van der Waals surface area contributed by atoms with Crippen LogP contribution in [0.25, 0.3) is 0 Å². The lowest BCUT2D eigenvalue weighted by molar-refractivity contribution is -0.140. The molecule has 0 aliphatic rings. The van der Waals surface area contributed by atoms with E-state index in [-0.39, 0.29) is 24.1 Å². The molecule has 0 saturated carbocycles. The molecule has 0 spiro atoms. The van der Waals surface area contributed by atoms with Crippen molar-refractivity contribution < 1.29 is 9.59 Å². The summed E-state index contributed by atoms with van der Waals surface area (Å²) in [6, 6.07) is 21.7. The van der Waals surface area contributed by atoms with Gasteiger partial charge in [-0.3, -0.25) is 9.59 Å². The third-order valence-corrected chi connectivity index (χ3v) is 7.32. The molecule has 8 heteroatoms. The molecule has 1 N–H and O–H groups in total. The zero-order chi connectivity index (χ0) is 27.0. The molecule has 0 heterocycles. The Morgan fingerprint density at radius 2 is 1.57 bits per heavy atom. The van der Waals surface area contributed by atoms with E-state index in [0.29, 0.717) is 27.2 Å². The fraction of sp³-hybridized carbons (Fsp3) is 0.310. The van der Waals surface area contributed by atoms with Crippen LogP contribution < -0.4 is 5.32 Å². The average molecular weight is 578 g/mol. The number of rotatable bonds is 10. The number of carbonyl (C=O) groups is 2. The summed E-state index contributed by atoms with van der Waals surface area (Å²) in [7, 11) is 0. The van der Waals surface area contributed by atoms with Crippen molar-refractivity contribution in [2.45, 2.75) is 51.1 Å². The zero-order valence-electron chi connectivity index (χ0n) is 21.1. The summed E-state index contributed by atoms with van der Waals surface area (Å²) < 4.78 is 0. The molecule has 196 valence electrons. The van der Waals surface area contributed by atoms with Crippen molar-refractivity contribution in [1.29, 1.82) is 0 Å². The molecule has 0 aliphatic carbocycles. The number of nitrogens with zero attached hydrogens (tertiary/aromatic N) is 1. The van der Waals surface area contributed by atoms with Gasteiger partial charge in [-0.1, -0.05) is 83.3 Å². The van der Waals surface area contributed by atoms with Crippen LogP contribution in [0.1, 0.15) is 37.5 Å². The van der Waals surface area contributed by atoms with Gasteiger partial charge in [0.05, 0.1) is 5.75 Å². The molecule has 3 aromatic rings. The maximum absolute atomic E-state index is 13.7. The van der Waals surface area contributed by atoms with E-state index in [0.717, 1.165) is 16.7 Å². The number of halogens is 3. The van der Waals surface area contributed by atoms with Crippen molar-refractivity contribution in [3.63, 3.8) is 0 Å². The van der Waals surface area contributed by atoms with Crippen molar-refractivity contribution in [1.82, 2.24) is 10.2 Å². The van der Waals surface area contributed by atoms with Gasteiger partial charge in [-0.25, -0.2) is 0 Å². The van der Waals surface area contributed by atoms with E-state index < -0.39 is 11.6 Å². The first-order valence-corrected chi connectivity index (χ1v) is 14.2. The fourth-order valence-electron chi connectivity index (χ4n) is 3.81. The highest BCUT2D eigenvalue weighted by Gasteiger charge is 2.32. The third-order valence-electron chi connectivity index (χ3n) is 5.51. The molecule has 0 saturated heterocycles. The Hall–Kier alpha value is -2.18. The molecule has 1 unspecified atom stereocenters. The van der Waals surface area contributed by atoms with Crippen molar-refractivity contribution >= 4 is 58.4 Å². The van der Waals surface area contributed by atoms with Gasteiger partial charge in [0.1, 0.15) is 6.04 Å². The third kappa shape index (κ3) is 9.57. The molecule has 0 bridgehead atoms. The van der Waals surface area contributed by atoms with Gasteiger partial charge in [-0.05, 0) is 61.7 Å². The zero-order valence-corrected chi connectivity index (χ0v) is 24.2. The topological polar surface area (TPSA) is 49.4 Å². The summed E-state index contributed by atoms with van der Waals surface area (Å²) in [4.78, 5) is 28.9. The van der Waals surface area contributed by atoms with Gasteiger partial charge in [0.25, 0.3) is 0 Å². The molecule has 3 rings (SSSR count). The van der Waals surface area contributed by atoms with Gasteiger partial charge in [-0.2, -0.15) is 0 Å². The van der Waals surface area contributed by atoms with E-state index in [1.165, 1.54) is 11.8 Å². The second kappa shape index (κ2) is 13.6. The average Bonchev–Trinajstić information content (AvgIpc) is 2.82. The number of thioether (sulfide) groups is 1. The van der Waals surface area contributed by atoms with Gasteiger partial charge >= 0.3 is 0 Å². The Balaban J connectivity index is 1.90. The highest BCUT2D eigenvalue weighted by Crippen LogP contribution is 2.25. The molecular weight excluding hydrogens is 547 g/mol. The Kier molecular flexibility index (Phi) is 10.8. The molecule has 0 fully saturated rings. The van der Waals surface area contributed by atoms with Crippen molar-refractivity contribution in [3.05, 3.63) is 105 Å². The van der Waals surface area contributed by atoms with Gasteiger partial charge in [0.2, 0.25) is 11.8 Å².